The number of imidazole rings is 1. The van der Waals surface area contributed by atoms with Crippen LogP contribution in [0.1, 0.15) is 25.3 Å². The van der Waals surface area contributed by atoms with E-state index in [0.717, 1.165) is 0 Å². The van der Waals surface area contributed by atoms with E-state index in [1.54, 1.807) is 35.4 Å². The standard InChI is InChI=1S/C14H13ClN6O/c1-8(2)9-10(15)19-14(20-13(9)22)21-7-6-18-12(21)11-16-4-3-5-17-11/h3-8H,1-2H3,(H,19,20,22). The van der Waals surface area contributed by atoms with E-state index in [9.17, 15) is 5.11 Å². The topological polar surface area (TPSA) is 89.6 Å². The molecule has 3 aromatic heterocycles. The summed E-state index contributed by atoms with van der Waals surface area (Å²) in [4.78, 5) is 20.9. The van der Waals surface area contributed by atoms with Gasteiger partial charge in [-0.25, -0.2) is 15.0 Å². The van der Waals surface area contributed by atoms with Gasteiger partial charge in [0, 0.05) is 24.8 Å². The number of nitrogens with zero attached hydrogens (tertiary/aromatic N) is 6. The Kier molecular flexibility index (Phi) is 3.72. The van der Waals surface area contributed by atoms with Crippen LogP contribution in [0, 0.1) is 0 Å². The van der Waals surface area contributed by atoms with Crippen LogP contribution in [-0.4, -0.2) is 34.6 Å². The summed E-state index contributed by atoms with van der Waals surface area (Å²) in [6.45, 7) is 3.81. The van der Waals surface area contributed by atoms with Gasteiger partial charge < -0.3 is 5.11 Å². The molecule has 3 aromatic rings. The Morgan fingerprint density at radius 1 is 1.09 bits per heavy atom. The highest BCUT2D eigenvalue weighted by molar-refractivity contribution is 6.30. The van der Waals surface area contributed by atoms with E-state index in [-0.39, 0.29) is 22.9 Å². The minimum absolute atomic E-state index is 0.0151. The molecule has 0 aliphatic carbocycles. The minimum Gasteiger partial charge on any atom is -0.493 e. The first kappa shape index (κ1) is 14.4. The van der Waals surface area contributed by atoms with Gasteiger partial charge in [-0.2, -0.15) is 9.97 Å². The summed E-state index contributed by atoms with van der Waals surface area (Å²) in [7, 11) is 0. The molecule has 8 heteroatoms. The van der Waals surface area contributed by atoms with Crippen LogP contribution in [0.2, 0.25) is 5.15 Å². The zero-order chi connectivity index (χ0) is 15.7. The number of rotatable bonds is 3. The van der Waals surface area contributed by atoms with Crippen LogP contribution in [0.5, 0.6) is 5.88 Å². The third-order valence-electron chi connectivity index (χ3n) is 3.07. The molecule has 0 unspecified atom stereocenters. The summed E-state index contributed by atoms with van der Waals surface area (Å²) >= 11 is 6.17. The quantitative estimate of drug-likeness (QED) is 0.747. The fourth-order valence-corrected chi connectivity index (χ4v) is 2.45. The molecule has 0 atom stereocenters. The smallest absolute Gasteiger partial charge is 0.240 e. The largest absolute Gasteiger partial charge is 0.493 e. The molecule has 0 radical (unpaired) electrons. The lowest BCUT2D eigenvalue weighted by Gasteiger charge is -2.11. The number of aromatic nitrogens is 6. The molecule has 0 saturated carbocycles. The molecule has 0 aliphatic heterocycles. The summed E-state index contributed by atoms with van der Waals surface area (Å²) < 4.78 is 1.57. The average molecular weight is 317 g/mol. The lowest BCUT2D eigenvalue weighted by molar-refractivity contribution is 0.440. The van der Waals surface area contributed by atoms with Crippen LogP contribution in [0.3, 0.4) is 0 Å². The van der Waals surface area contributed by atoms with Crippen molar-refractivity contribution < 1.29 is 5.11 Å². The molecule has 22 heavy (non-hydrogen) atoms. The van der Waals surface area contributed by atoms with E-state index in [0.29, 0.717) is 17.2 Å². The van der Waals surface area contributed by atoms with E-state index >= 15 is 0 Å². The molecular weight excluding hydrogens is 304 g/mol. The van der Waals surface area contributed by atoms with Gasteiger partial charge in [-0.05, 0) is 12.0 Å². The van der Waals surface area contributed by atoms with Gasteiger partial charge in [0.25, 0.3) is 0 Å². The fraction of sp³-hybridized carbons (Fsp3) is 0.214. The van der Waals surface area contributed by atoms with Crippen molar-refractivity contribution >= 4 is 11.6 Å². The van der Waals surface area contributed by atoms with Gasteiger partial charge in [-0.15, -0.1) is 0 Å². The van der Waals surface area contributed by atoms with Crippen molar-refractivity contribution in [1.82, 2.24) is 29.5 Å². The second-order valence-corrected chi connectivity index (χ2v) is 5.26. The predicted octanol–water partition coefficient (Wildman–Crippen LogP) is 2.60. The molecule has 0 amide bonds. The third-order valence-corrected chi connectivity index (χ3v) is 3.35. The Morgan fingerprint density at radius 3 is 2.45 bits per heavy atom. The lowest BCUT2D eigenvalue weighted by atomic mass is 10.1. The molecule has 0 aliphatic rings. The molecule has 0 saturated heterocycles. The summed E-state index contributed by atoms with van der Waals surface area (Å²) in [5, 5.41) is 10.3. The first-order chi connectivity index (χ1) is 10.6. The highest BCUT2D eigenvalue weighted by atomic mass is 35.5. The van der Waals surface area contributed by atoms with Gasteiger partial charge >= 0.3 is 0 Å². The number of aromatic hydroxyl groups is 1. The highest BCUT2D eigenvalue weighted by Crippen LogP contribution is 2.30. The second-order valence-electron chi connectivity index (χ2n) is 4.90. The molecule has 0 bridgehead atoms. The molecule has 3 rings (SSSR count). The van der Waals surface area contributed by atoms with Crippen LogP contribution in [0.25, 0.3) is 17.6 Å². The Bertz CT molecular complexity index is 779. The van der Waals surface area contributed by atoms with Crippen LogP contribution < -0.4 is 0 Å². The normalized spacial score (nSPS) is 11.1. The van der Waals surface area contributed by atoms with Crippen molar-refractivity contribution in [2.24, 2.45) is 0 Å². The van der Waals surface area contributed by atoms with E-state index in [4.69, 9.17) is 11.6 Å². The maximum absolute atomic E-state index is 10.1. The first-order valence-corrected chi connectivity index (χ1v) is 7.03. The summed E-state index contributed by atoms with van der Waals surface area (Å²) in [6.07, 6.45) is 6.48. The van der Waals surface area contributed by atoms with Crippen molar-refractivity contribution in [3.05, 3.63) is 41.6 Å². The minimum atomic E-state index is -0.140. The van der Waals surface area contributed by atoms with Gasteiger partial charge in [0.05, 0.1) is 5.56 Å². The molecule has 7 nitrogen and oxygen atoms in total. The Labute approximate surface area is 131 Å². The Morgan fingerprint density at radius 2 is 1.82 bits per heavy atom. The SMILES string of the molecule is CC(C)c1c(O)nc(-n2ccnc2-c2ncccn2)nc1Cl. The van der Waals surface area contributed by atoms with Gasteiger partial charge in [0.1, 0.15) is 5.15 Å². The molecular formula is C14H13ClN6O. The monoisotopic (exact) mass is 316 g/mol. The molecule has 112 valence electrons. The third kappa shape index (κ3) is 2.50. The lowest BCUT2D eigenvalue weighted by Crippen LogP contribution is -2.06. The van der Waals surface area contributed by atoms with Gasteiger partial charge in [0.15, 0.2) is 11.6 Å². The van der Waals surface area contributed by atoms with Crippen molar-refractivity contribution in [2.45, 2.75) is 19.8 Å². The van der Waals surface area contributed by atoms with Crippen molar-refractivity contribution in [1.29, 1.82) is 0 Å². The predicted molar refractivity (Wildman–Crippen MR) is 80.9 cm³/mol. The van der Waals surface area contributed by atoms with E-state index in [2.05, 4.69) is 24.9 Å². The first-order valence-electron chi connectivity index (χ1n) is 6.65. The van der Waals surface area contributed by atoms with Crippen LogP contribution in [-0.2, 0) is 0 Å². The summed E-state index contributed by atoms with van der Waals surface area (Å²) in [6, 6.07) is 1.72. The molecule has 0 aromatic carbocycles. The van der Waals surface area contributed by atoms with Crippen molar-refractivity contribution in [3.63, 3.8) is 0 Å². The van der Waals surface area contributed by atoms with Crippen LogP contribution in [0.4, 0.5) is 0 Å². The van der Waals surface area contributed by atoms with E-state index in [1.165, 1.54) is 0 Å². The highest BCUT2D eigenvalue weighted by Gasteiger charge is 2.18. The zero-order valence-electron chi connectivity index (χ0n) is 12.0. The maximum Gasteiger partial charge on any atom is 0.240 e. The fourth-order valence-electron chi connectivity index (χ4n) is 2.07. The van der Waals surface area contributed by atoms with Crippen LogP contribution in [0.15, 0.2) is 30.9 Å². The van der Waals surface area contributed by atoms with E-state index in [1.807, 2.05) is 13.8 Å². The number of hydrogen-bond acceptors (Lipinski definition) is 6. The van der Waals surface area contributed by atoms with Gasteiger partial charge in [-0.1, -0.05) is 25.4 Å². The van der Waals surface area contributed by atoms with E-state index < -0.39 is 0 Å². The van der Waals surface area contributed by atoms with Crippen molar-refractivity contribution in [3.8, 4) is 23.5 Å². The zero-order valence-corrected chi connectivity index (χ0v) is 12.7. The average Bonchev–Trinajstić information content (AvgIpc) is 2.96. The second kappa shape index (κ2) is 5.69. The summed E-state index contributed by atoms with van der Waals surface area (Å²) in [5.41, 5.74) is 0.517. The molecule has 0 spiro atoms. The van der Waals surface area contributed by atoms with Gasteiger partial charge in [0.2, 0.25) is 11.8 Å². The number of hydrogen-bond donors (Lipinski definition) is 1. The Balaban J connectivity index is 2.13. The summed E-state index contributed by atoms with van der Waals surface area (Å²) in [5.74, 6) is 0.986. The molecule has 3 heterocycles. The molecule has 1 N–H and O–H groups in total. The maximum atomic E-state index is 10.1. The molecule has 0 fully saturated rings. The Hall–Kier alpha value is -2.54. The van der Waals surface area contributed by atoms with Crippen molar-refractivity contribution in [2.75, 3.05) is 0 Å². The van der Waals surface area contributed by atoms with Gasteiger partial charge in [-0.3, -0.25) is 4.57 Å². The van der Waals surface area contributed by atoms with Crippen LogP contribution >= 0.6 is 11.6 Å². The number of halogens is 1.